The van der Waals surface area contributed by atoms with Gasteiger partial charge in [0.05, 0.1) is 32.0 Å². The number of ether oxygens (including phenoxy) is 2. The van der Waals surface area contributed by atoms with Gasteiger partial charge in [-0.1, -0.05) is 60.7 Å². The average molecular weight is 390 g/mol. The molecule has 0 bridgehead atoms. The summed E-state index contributed by atoms with van der Waals surface area (Å²) >= 11 is 0. The summed E-state index contributed by atoms with van der Waals surface area (Å²) in [5.74, 6) is 1.07. The van der Waals surface area contributed by atoms with E-state index in [0.717, 1.165) is 11.1 Å². The molecule has 0 unspecified atom stereocenters. The third kappa shape index (κ3) is 5.15. The van der Waals surface area contributed by atoms with Crippen molar-refractivity contribution in [2.24, 2.45) is 0 Å². The second-order valence-electron chi connectivity index (χ2n) is 6.70. The van der Waals surface area contributed by atoms with Crippen LogP contribution < -0.4 is 20.1 Å². The molecule has 1 atom stereocenters. The van der Waals surface area contributed by atoms with E-state index in [2.05, 4.69) is 34.9 Å². The molecule has 0 saturated carbocycles. The molecule has 2 N–H and O–H groups in total. The van der Waals surface area contributed by atoms with Gasteiger partial charge in [0.25, 0.3) is 0 Å². The summed E-state index contributed by atoms with van der Waals surface area (Å²) in [5, 5.41) is 6.39. The predicted octanol–water partition coefficient (Wildman–Crippen LogP) is 4.41. The van der Waals surface area contributed by atoms with Crippen molar-refractivity contribution in [2.75, 3.05) is 19.5 Å². The molecule has 3 aromatic rings. The fraction of sp³-hybridized carbons (Fsp3) is 0.208. The van der Waals surface area contributed by atoms with Crippen LogP contribution in [0.2, 0.25) is 0 Å². The highest BCUT2D eigenvalue weighted by Crippen LogP contribution is 2.29. The molecule has 0 aliphatic carbocycles. The van der Waals surface area contributed by atoms with Crippen LogP contribution in [0.3, 0.4) is 0 Å². The highest BCUT2D eigenvalue weighted by atomic mass is 16.5. The Morgan fingerprint density at radius 3 is 1.93 bits per heavy atom. The molecule has 0 aliphatic rings. The van der Waals surface area contributed by atoms with Gasteiger partial charge in [0.1, 0.15) is 11.5 Å². The molecule has 0 saturated heterocycles. The predicted molar refractivity (Wildman–Crippen MR) is 116 cm³/mol. The highest BCUT2D eigenvalue weighted by Gasteiger charge is 2.21. The largest absolute Gasteiger partial charge is 0.497 e. The number of hydrogen-bond acceptors (Lipinski definition) is 4. The maximum Gasteiger partial charge on any atom is 0.241 e. The van der Waals surface area contributed by atoms with Gasteiger partial charge >= 0.3 is 0 Å². The first-order valence-corrected chi connectivity index (χ1v) is 9.51. The van der Waals surface area contributed by atoms with Crippen LogP contribution in [-0.2, 0) is 4.79 Å². The number of nitrogens with one attached hydrogen (secondary N) is 2. The van der Waals surface area contributed by atoms with Crippen molar-refractivity contribution in [1.82, 2.24) is 5.32 Å². The van der Waals surface area contributed by atoms with Crippen LogP contribution in [0.15, 0.2) is 78.9 Å². The minimum absolute atomic E-state index is 0.106. The zero-order valence-electron chi connectivity index (χ0n) is 16.9. The SMILES string of the molecule is COc1ccc(OC)c(NC(=O)[C@@H](C)NC(c2ccccc2)c2ccccc2)c1. The molecule has 1 amide bonds. The van der Waals surface area contributed by atoms with Gasteiger partial charge in [-0.15, -0.1) is 0 Å². The standard InChI is InChI=1S/C24H26N2O3/c1-17(24(27)26-21-16-20(28-2)14-15-22(21)29-3)25-23(18-10-6-4-7-11-18)19-12-8-5-9-13-19/h4-17,23,25H,1-3H3,(H,26,27)/t17-/m1/s1. The molecule has 5 nitrogen and oxygen atoms in total. The number of anilines is 1. The summed E-state index contributed by atoms with van der Waals surface area (Å²) in [6.07, 6.45) is 0. The molecule has 0 fully saturated rings. The molecule has 0 aliphatic heterocycles. The lowest BCUT2D eigenvalue weighted by atomic mass is 9.98. The molecular weight excluding hydrogens is 364 g/mol. The van der Waals surface area contributed by atoms with Crippen LogP contribution in [0.25, 0.3) is 0 Å². The van der Waals surface area contributed by atoms with Crippen LogP contribution in [-0.4, -0.2) is 26.2 Å². The summed E-state index contributed by atoms with van der Waals surface area (Å²) in [5.41, 5.74) is 2.76. The fourth-order valence-electron chi connectivity index (χ4n) is 3.15. The van der Waals surface area contributed by atoms with Gasteiger partial charge in [0.15, 0.2) is 0 Å². The number of rotatable bonds is 8. The van der Waals surface area contributed by atoms with Crippen molar-refractivity contribution < 1.29 is 14.3 Å². The van der Waals surface area contributed by atoms with E-state index in [-0.39, 0.29) is 11.9 Å². The third-order valence-electron chi connectivity index (χ3n) is 4.74. The lowest BCUT2D eigenvalue weighted by Gasteiger charge is -2.24. The van der Waals surface area contributed by atoms with Crippen LogP contribution >= 0.6 is 0 Å². The molecule has 3 rings (SSSR count). The monoisotopic (exact) mass is 390 g/mol. The zero-order chi connectivity index (χ0) is 20.6. The van der Waals surface area contributed by atoms with Gasteiger partial charge < -0.3 is 14.8 Å². The maximum absolute atomic E-state index is 12.9. The summed E-state index contributed by atoms with van der Waals surface area (Å²) in [4.78, 5) is 12.9. The summed E-state index contributed by atoms with van der Waals surface area (Å²) in [6.45, 7) is 1.85. The van der Waals surface area contributed by atoms with Crippen molar-refractivity contribution >= 4 is 11.6 Å². The molecule has 150 valence electrons. The van der Waals surface area contributed by atoms with Crippen molar-refractivity contribution in [2.45, 2.75) is 19.0 Å². The van der Waals surface area contributed by atoms with Crippen LogP contribution in [0.5, 0.6) is 11.5 Å². The number of methoxy groups -OCH3 is 2. The van der Waals surface area contributed by atoms with E-state index in [4.69, 9.17) is 9.47 Å². The molecule has 5 heteroatoms. The first-order valence-electron chi connectivity index (χ1n) is 9.51. The van der Waals surface area contributed by atoms with E-state index in [1.807, 2.05) is 43.3 Å². The Bertz CT molecular complexity index is 890. The van der Waals surface area contributed by atoms with Gasteiger partial charge in [0, 0.05) is 6.07 Å². The lowest BCUT2D eigenvalue weighted by Crippen LogP contribution is -2.40. The summed E-state index contributed by atoms with van der Waals surface area (Å²) in [6, 6.07) is 24.9. The molecule has 0 heterocycles. The van der Waals surface area contributed by atoms with Gasteiger partial charge in [-0.25, -0.2) is 0 Å². The van der Waals surface area contributed by atoms with Gasteiger partial charge in [-0.05, 0) is 30.2 Å². The molecule has 3 aromatic carbocycles. The topological polar surface area (TPSA) is 59.6 Å². The van der Waals surface area contributed by atoms with E-state index < -0.39 is 6.04 Å². The molecule has 0 spiro atoms. The number of carbonyl (C=O) groups is 1. The van der Waals surface area contributed by atoms with E-state index in [9.17, 15) is 4.79 Å². The Morgan fingerprint density at radius 2 is 1.41 bits per heavy atom. The second-order valence-corrected chi connectivity index (χ2v) is 6.70. The Labute approximate surface area is 171 Å². The van der Waals surface area contributed by atoms with E-state index in [0.29, 0.717) is 17.2 Å². The first kappa shape index (κ1) is 20.4. The summed E-state index contributed by atoms with van der Waals surface area (Å²) < 4.78 is 10.6. The lowest BCUT2D eigenvalue weighted by molar-refractivity contribution is -0.117. The van der Waals surface area contributed by atoms with E-state index in [1.165, 1.54) is 0 Å². The van der Waals surface area contributed by atoms with Crippen LogP contribution in [0, 0.1) is 0 Å². The number of benzene rings is 3. The first-order chi connectivity index (χ1) is 14.1. The van der Waals surface area contributed by atoms with Crippen molar-refractivity contribution in [3.63, 3.8) is 0 Å². The van der Waals surface area contributed by atoms with Gasteiger partial charge in [-0.3, -0.25) is 10.1 Å². The van der Waals surface area contributed by atoms with Crippen molar-refractivity contribution in [3.8, 4) is 11.5 Å². The highest BCUT2D eigenvalue weighted by molar-refractivity contribution is 5.96. The molecule has 0 aromatic heterocycles. The smallest absolute Gasteiger partial charge is 0.241 e. The van der Waals surface area contributed by atoms with Crippen LogP contribution in [0.1, 0.15) is 24.1 Å². The molecule has 29 heavy (non-hydrogen) atoms. The zero-order valence-corrected chi connectivity index (χ0v) is 16.9. The number of amides is 1. The maximum atomic E-state index is 12.9. The average Bonchev–Trinajstić information content (AvgIpc) is 2.78. The van der Waals surface area contributed by atoms with Crippen molar-refractivity contribution in [1.29, 1.82) is 0 Å². The summed E-state index contributed by atoms with van der Waals surface area (Å²) in [7, 11) is 3.15. The van der Waals surface area contributed by atoms with Gasteiger partial charge in [0.2, 0.25) is 5.91 Å². The molecular formula is C24H26N2O3. The Balaban J connectivity index is 1.79. The fourth-order valence-corrected chi connectivity index (χ4v) is 3.15. The van der Waals surface area contributed by atoms with E-state index in [1.54, 1.807) is 32.4 Å². The minimum atomic E-state index is -0.448. The molecule has 0 radical (unpaired) electrons. The number of carbonyl (C=O) groups excluding carboxylic acids is 1. The number of hydrogen-bond donors (Lipinski definition) is 2. The Kier molecular flexibility index (Phi) is 6.87. The minimum Gasteiger partial charge on any atom is -0.497 e. The van der Waals surface area contributed by atoms with Crippen molar-refractivity contribution in [3.05, 3.63) is 90.0 Å². The Hall–Kier alpha value is -3.31. The second kappa shape index (κ2) is 9.75. The van der Waals surface area contributed by atoms with Crippen LogP contribution in [0.4, 0.5) is 5.69 Å². The van der Waals surface area contributed by atoms with Gasteiger partial charge in [-0.2, -0.15) is 0 Å². The Morgan fingerprint density at radius 1 is 0.828 bits per heavy atom. The third-order valence-corrected chi connectivity index (χ3v) is 4.74. The van der Waals surface area contributed by atoms with E-state index >= 15 is 0 Å². The normalized spacial score (nSPS) is 11.7. The quantitative estimate of drug-likeness (QED) is 0.598.